The van der Waals surface area contributed by atoms with Crippen molar-refractivity contribution in [2.45, 2.75) is 19.4 Å². The van der Waals surface area contributed by atoms with Crippen LogP contribution >= 0.6 is 0 Å². The lowest BCUT2D eigenvalue weighted by Crippen LogP contribution is -2.12. The Labute approximate surface area is 113 Å². The Kier molecular flexibility index (Phi) is 3.21. The fourth-order valence-corrected chi connectivity index (χ4v) is 2.52. The maximum absolute atomic E-state index is 5.50. The van der Waals surface area contributed by atoms with Gasteiger partial charge in [0.05, 0.1) is 6.20 Å². The normalized spacial score (nSPS) is 13.9. The molecule has 3 rings (SSSR count). The number of nitrogens with zero attached hydrogens (tertiary/aromatic N) is 4. The third kappa shape index (κ3) is 2.33. The highest BCUT2D eigenvalue weighted by molar-refractivity contribution is 5.67. The van der Waals surface area contributed by atoms with Gasteiger partial charge >= 0.3 is 0 Å². The van der Waals surface area contributed by atoms with E-state index in [0.29, 0.717) is 6.54 Å². The molecule has 1 aromatic carbocycles. The van der Waals surface area contributed by atoms with Gasteiger partial charge in [-0.15, -0.1) is 5.10 Å². The quantitative estimate of drug-likeness (QED) is 0.896. The van der Waals surface area contributed by atoms with E-state index in [1.807, 2.05) is 10.9 Å². The molecular formula is C14H19N5. The molecule has 0 aliphatic carbocycles. The Hall–Kier alpha value is -1.88. The van der Waals surface area contributed by atoms with Crippen LogP contribution in [0, 0.1) is 0 Å². The van der Waals surface area contributed by atoms with E-state index in [9.17, 15) is 0 Å². The zero-order valence-corrected chi connectivity index (χ0v) is 11.2. The lowest BCUT2D eigenvalue weighted by atomic mass is 10.1. The van der Waals surface area contributed by atoms with Crippen molar-refractivity contribution in [3.63, 3.8) is 0 Å². The minimum atomic E-state index is 0.681. The van der Waals surface area contributed by atoms with E-state index in [2.05, 4.69) is 40.5 Å². The van der Waals surface area contributed by atoms with Gasteiger partial charge in [-0.05, 0) is 37.1 Å². The maximum Gasteiger partial charge on any atom is 0.113 e. The molecule has 0 saturated carbocycles. The second kappa shape index (κ2) is 5.01. The first kappa shape index (κ1) is 12.2. The molecule has 1 aliphatic rings. The molecule has 1 aromatic heterocycles. The van der Waals surface area contributed by atoms with E-state index in [-0.39, 0.29) is 0 Å². The van der Waals surface area contributed by atoms with E-state index in [0.717, 1.165) is 37.2 Å². The van der Waals surface area contributed by atoms with Crippen molar-refractivity contribution in [2.24, 2.45) is 5.73 Å². The molecule has 2 N–H and O–H groups in total. The molecule has 2 heterocycles. The number of hydrogen-bond donors (Lipinski definition) is 1. The lowest BCUT2D eigenvalue weighted by molar-refractivity contribution is 0.564. The van der Waals surface area contributed by atoms with Gasteiger partial charge in [0.25, 0.3) is 0 Å². The molecule has 0 spiro atoms. The van der Waals surface area contributed by atoms with Crippen LogP contribution in [0.2, 0.25) is 0 Å². The summed E-state index contributed by atoms with van der Waals surface area (Å²) in [7, 11) is 2.13. The molecular weight excluding hydrogens is 238 g/mol. The molecule has 0 saturated heterocycles. The van der Waals surface area contributed by atoms with Crippen LogP contribution < -0.4 is 10.6 Å². The first-order chi connectivity index (χ1) is 9.28. The summed E-state index contributed by atoms with van der Waals surface area (Å²) < 4.78 is 1.86. The lowest BCUT2D eigenvalue weighted by Gasteiger charge is -2.11. The fraction of sp³-hybridized carbons (Fsp3) is 0.429. The van der Waals surface area contributed by atoms with Crippen molar-refractivity contribution in [1.82, 2.24) is 15.0 Å². The van der Waals surface area contributed by atoms with Crippen molar-refractivity contribution < 1.29 is 0 Å². The van der Waals surface area contributed by atoms with Gasteiger partial charge in [-0.25, -0.2) is 0 Å². The molecule has 5 heteroatoms. The van der Waals surface area contributed by atoms with E-state index in [1.54, 1.807) is 0 Å². The summed E-state index contributed by atoms with van der Waals surface area (Å²) in [5, 5.41) is 8.38. The Bertz CT molecular complexity index is 575. The average molecular weight is 257 g/mol. The third-order valence-corrected chi connectivity index (χ3v) is 3.63. The predicted octanol–water partition coefficient (Wildman–Crippen LogP) is 1.29. The van der Waals surface area contributed by atoms with Crippen molar-refractivity contribution >= 4 is 5.69 Å². The van der Waals surface area contributed by atoms with Gasteiger partial charge in [-0.1, -0.05) is 11.3 Å². The zero-order valence-electron chi connectivity index (χ0n) is 11.2. The van der Waals surface area contributed by atoms with Crippen molar-refractivity contribution in [2.75, 3.05) is 25.0 Å². The van der Waals surface area contributed by atoms with Crippen LogP contribution in [0.1, 0.15) is 12.0 Å². The minimum Gasteiger partial charge on any atom is -0.374 e. The summed E-state index contributed by atoms with van der Waals surface area (Å²) in [6.07, 6.45) is 4.04. The van der Waals surface area contributed by atoms with Gasteiger partial charge in [-0.2, -0.15) is 0 Å². The van der Waals surface area contributed by atoms with Crippen LogP contribution in [-0.2, 0) is 13.0 Å². The van der Waals surface area contributed by atoms with Gasteiger partial charge in [0.2, 0.25) is 0 Å². The highest BCUT2D eigenvalue weighted by atomic mass is 15.4. The molecule has 0 unspecified atom stereocenters. The summed E-state index contributed by atoms with van der Waals surface area (Å²) in [4.78, 5) is 2.29. The van der Waals surface area contributed by atoms with Gasteiger partial charge < -0.3 is 10.6 Å². The van der Waals surface area contributed by atoms with Crippen LogP contribution in [0.3, 0.4) is 0 Å². The largest absolute Gasteiger partial charge is 0.374 e. The molecule has 0 bridgehead atoms. The van der Waals surface area contributed by atoms with Crippen molar-refractivity contribution in [3.8, 4) is 11.3 Å². The van der Waals surface area contributed by atoms with Gasteiger partial charge in [-0.3, -0.25) is 4.68 Å². The Balaban J connectivity index is 1.84. The van der Waals surface area contributed by atoms with E-state index >= 15 is 0 Å². The fourth-order valence-electron chi connectivity index (χ4n) is 2.52. The molecule has 5 nitrogen and oxygen atoms in total. The van der Waals surface area contributed by atoms with E-state index < -0.39 is 0 Å². The highest BCUT2D eigenvalue weighted by Gasteiger charge is 2.16. The summed E-state index contributed by atoms with van der Waals surface area (Å²) in [5.74, 6) is 0. The number of nitrogens with two attached hydrogens (primary N) is 1. The van der Waals surface area contributed by atoms with Gasteiger partial charge in [0, 0.05) is 31.4 Å². The first-order valence-corrected chi connectivity index (χ1v) is 6.72. The zero-order chi connectivity index (χ0) is 13.2. The van der Waals surface area contributed by atoms with Crippen molar-refractivity contribution in [1.29, 1.82) is 0 Å². The van der Waals surface area contributed by atoms with Gasteiger partial charge in [0.1, 0.15) is 5.69 Å². The first-order valence-electron chi connectivity index (χ1n) is 6.72. The summed E-state index contributed by atoms with van der Waals surface area (Å²) in [5.41, 5.74) is 10.3. The molecule has 0 atom stereocenters. The number of aryl methyl sites for hydroxylation is 1. The predicted molar refractivity (Wildman–Crippen MR) is 76.1 cm³/mol. The number of rotatable bonds is 4. The second-order valence-corrected chi connectivity index (χ2v) is 5.02. The van der Waals surface area contributed by atoms with E-state index in [4.69, 9.17) is 5.73 Å². The molecule has 0 fully saturated rings. The number of fused-ring (bicyclic) bond motifs is 1. The number of likely N-dealkylation sites (N-methyl/N-ethyl adjacent to an activating group) is 1. The summed E-state index contributed by atoms with van der Waals surface area (Å²) in [6.45, 7) is 2.61. The highest BCUT2D eigenvalue weighted by Crippen LogP contribution is 2.30. The second-order valence-electron chi connectivity index (χ2n) is 5.02. The van der Waals surface area contributed by atoms with Crippen LogP contribution in [0.4, 0.5) is 5.69 Å². The Morgan fingerprint density at radius 1 is 1.37 bits per heavy atom. The number of hydrogen-bond acceptors (Lipinski definition) is 4. The van der Waals surface area contributed by atoms with E-state index in [1.165, 1.54) is 11.3 Å². The van der Waals surface area contributed by atoms with Crippen LogP contribution in [0.15, 0.2) is 24.4 Å². The number of aromatic nitrogens is 3. The standard InChI is InChI=1S/C14H19N5/c1-18-8-5-12-9-11(3-4-14(12)18)13-10-19(17-16-13)7-2-6-15/h3-4,9-10H,2,5-8,15H2,1H3. The molecule has 1 aliphatic heterocycles. The molecule has 0 amide bonds. The summed E-state index contributed by atoms with van der Waals surface area (Å²) >= 11 is 0. The van der Waals surface area contributed by atoms with Crippen LogP contribution in [-0.4, -0.2) is 35.1 Å². The third-order valence-electron chi connectivity index (χ3n) is 3.63. The van der Waals surface area contributed by atoms with Crippen LogP contribution in [0.5, 0.6) is 0 Å². The molecule has 100 valence electrons. The Morgan fingerprint density at radius 2 is 2.26 bits per heavy atom. The smallest absolute Gasteiger partial charge is 0.113 e. The average Bonchev–Trinajstić information content (AvgIpc) is 3.04. The van der Waals surface area contributed by atoms with Gasteiger partial charge in [0.15, 0.2) is 0 Å². The number of benzene rings is 1. The summed E-state index contributed by atoms with van der Waals surface area (Å²) in [6, 6.07) is 6.53. The molecule has 0 radical (unpaired) electrons. The SMILES string of the molecule is CN1CCc2cc(-c3cn(CCCN)nn3)ccc21. The van der Waals surface area contributed by atoms with Crippen LogP contribution in [0.25, 0.3) is 11.3 Å². The monoisotopic (exact) mass is 257 g/mol. The molecule has 19 heavy (non-hydrogen) atoms. The van der Waals surface area contributed by atoms with Crippen molar-refractivity contribution in [3.05, 3.63) is 30.0 Å². The maximum atomic E-state index is 5.50. The Morgan fingerprint density at radius 3 is 3.11 bits per heavy atom. The minimum absolute atomic E-state index is 0.681. The molecule has 2 aromatic rings. The topological polar surface area (TPSA) is 60.0 Å². The number of anilines is 1.